The molecule has 1 saturated heterocycles. The Bertz CT molecular complexity index is 679. The Hall–Kier alpha value is -1.70. The molecule has 7 heteroatoms. The van der Waals surface area contributed by atoms with Crippen molar-refractivity contribution in [1.82, 2.24) is 15.2 Å². The molecule has 3 atom stereocenters. The number of aryl methyl sites for hydroxylation is 2. The summed E-state index contributed by atoms with van der Waals surface area (Å²) in [4.78, 5) is 8.58. The van der Waals surface area contributed by atoms with E-state index >= 15 is 0 Å². The Balaban J connectivity index is 2.29. The first-order valence-corrected chi connectivity index (χ1v) is 10.1. The van der Waals surface area contributed by atoms with Gasteiger partial charge in [0.05, 0.1) is 11.9 Å². The molecule has 0 bridgehead atoms. The van der Waals surface area contributed by atoms with E-state index in [1.807, 2.05) is 19.9 Å². The zero-order valence-corrected chi connectivity index (χ0v) is 18.4. The van der Waals surface area contributed by atoms with Crippen molar-refractivity contribution in [2.45, 2.75) is 59.4 Å². The zero-order valence-electron chi connectivity index (χ0n) is 18.4. The molecule has 1 aliphatic rings. The van der Waals surface area contributed by atoms with Crippen LogP contribution in [0.2, 0.25) is 0 Å². The number of pyridine rings is 1. The molecule has 1 fully saturated rings. The number of amidine groups is 1. The molecule has 0 aromatic carbocycles. The van der Waals surface area contributed by atoms with Gasteiger partial charge in [0.15, 0.2) is 6.23 Å². The zero-order chi connectivity index (χ0) is 21.0. The summed E-state index contributed by atoms with van der Waals surface area (Å²) in [6.45, 7) is 12.6. The average molecular weight is 392 g/mol. The van der Waals surface area contributed by atoms with Crippen molar-refractivity contribution in [2.24, 2.45) is 5.92 Å². The summed E-state index contributed by atoms with van der Waals surface area (Å²) in [5.41, 5.74) is 2.72. The summed E-state index contributed by atoms with van der Waals surface area (Å²) >= 11 is 0. The summed E-state index contributed by atoms with van der Waals surface area (Å²) in [5.74, 6) is 1.69. The van der Waals surface area contributed by atoms with Gasteiger partial charge in [0.1, 0.15) is 5.82 Å². The molecule has 3 unspecified atom stereocenters. The third kappa shape index (κ3) is 5.21. The molecule has 1 aliphatic heterocycles. The van der Waals surface area contributed by atoms with Crippen molar-refractivity contribution in [3.63, 3.8) is 0 Å². The van der Waals surface area contributed by atoms with Gasteiger partial charge in [-0.2, -0.15) is 0 Å². The van der Waals surface area contributed by atoms with E-state index in [0.29, 0.717) is 17.8 Å². The standard InChI is InChI=1S/C21H37N5O2/c1-13(2)11-23-18-8-9-26(12-19(18)28-7)20-17(10-14(3)15(4)24-20)21(27)25(6)16(5)22/h10,13,18-19,21-23,27H,8-9,11-12H2,1-7H3. The van der Waals surface area contributed by atoms with Crippen LogP contribution in [0, 0.1) is 25.2 Å². The lowest BCUT2D eigenvalue weighted by molar-refractivity contribution is 0.0566. The number of nitrogens with zero attached hydrogens (tertiary/aromatic N) is 3. The predicted molar refractivity (Wildman–Crippen MR) is 114 cm³/mol. The third-order valence-corrected chi connectivity index (χ3v) is 5.60. The van der Waals surface area contributed by atoms with Gasteiger partial charge in [-0.3, -0.25) is 5.41 Å². The van der Waals surface area contributed by atoms with E-state index in [0.717, 1.165) is 48.7 Å². The van der Waals surface area contributed by atoms with Gasteiger partial charge < -0.3 is 25.0 Å². The van der Waals surface area contributed by atoms with Crippen LogP contribution in [-0.2, 0) is 4.74 Å². The Kier molecular flexibility index (Phi) is 7.80. The monoisotopic (exact) mass is 391 g/mol. The number of hydrogen-bond donors (Lipinski definition) is 3. The van der Waals surface area contributed by atoms with E-state index in [-0.39, 0.29) is 6.10 Å². The van der Waals surface area contributed by atoms with Crippen molar-refractivity contribution in [3.05, 3.63) is 22.9 Å². The molecule has 0 aliphatic carbocycles. The first-order valence-electron chi connectivity index (χ1n) is 10.1. The average Bonchev–Trinajstić information content (AvgIpc) is 2.66. The minimum atomic E-state index is -0.905. The predicted octanol–water partition coefficient (Wildman–Crippen LogP) is 2.46. The number of anilines is 1. The number of piperidine rings is 1. The SMILES string of the molecule is COC1CN(c2nc(C)c(C)cc2C(O)N(C)C(C)=N)CCC1NCC(C)C. The quantitative estimate of drug-likeness (QED) is 0.376. The maximum Gasteiger partial charge on any atom is 0.157 e. The molecule has 0 radical (unpaired) electrons. The van der Waals surface area contributed by atoms with E-state index in [1.165, 1.54) is 0 Å². The summed E-state index contributed by atoms with van der Waals surface area (Å²) in [6.07, 6.45) is 0.106. The molecule has 0 spiro atoms. The van der Waals surface area contributed by atoms with Crippen LogP contribution < -0.4 is 10.2 Å². The van der Waals surface area contributed by atoms with Crippen LogP contribution in [-0.4, -0.2) is 66.8 Å². The van der Waals surface area contributed by atoms with Crippen molar-refractivity contribution >= 4 is 11.7 Å². The second-order valence-electron chi connectivity index (χ2n) is 8.29. The second-order valence-corrected chi connectivity index (χ2v) is 8.29. The van der Waals surface area contributed by atoms with Crippen molar-refractivity contribution < 1.29 is 9.84 Å². The fourth-order valence-electron chi connectivity index (χ4n) is 3.52. The molecule has 0 saturated carbocycles. The van der Waals surface area contributed by atoms with Crippen molar-refractivity contribution in [1.29, 1.82) is 5.41 Å². The van der Waals surface area contributed by atoms with Crippen LogP contribution >= 0.6 is 0 Å². The van der Waals surface area contributed by atoms with Gasteiger partial charge in [-0.1, -0.05) is 13.8 Å². The molecule has 1 aromatic rings. The van der Waals surface area contributed by atoms with Crippen molar-refractivity contribution in [2.75, 3.05) is 38.7 Å². The fraction of sp³-hybridized carbons (Fsp3) is 0.714. The molecule has 3 N–H and O–H groups in total. The number of aliphatic hydroxyl groups is 1. The second kappa shape index (κ2) is 9.67. The van der Waals surface area contributed by atoms with Gasteiger partial charge in [0.25, 0.3) is 0 Å². The maximum absolute atomic E-state index is 10.9. The summed E-state index contributed by atoms with van der Waals surface area (Å²) in [7, 11) is 3.49. The molecule has 0 amide bonds. The van der Waals surface area contributed by atoms with E-state index in [4.69, 9.17) is 15.1 Å². The first-order chi connectivity index (χ1) is 13.1. The molecule has 158 valence electrons. The van der Waals surface area contributed by atoms with Crippen LogP contribution in [0.5, 0.6) is 0 Å². The lowest BCUT2D eigenvalue weighted by Gasteiger charge is -2.40. The van der Waals surface area contributed by atoms with Crippen molar-refractivity contribution in [3.8, 4) is 0 Å². The molecule has 7 nitrogen and oxygen atoms in total. The highest BCUT2D eigenvalue weighted by Crippen LogP contribution is 2.31. The minimum absolute atomic E-state index is 0.0584. The third-order valence-electron chi connectivity index (χ3n) is 5.60. The van der Waals surface area contributed by atoms with Gasteiger partial charge in [-0.15, -0.1) is 0 Å². The first kappa shape index (κ1) is 22.6. The highest BCUT2D eigenvalue weighted by molar-refractivity contribution is 5.76. The Morgan fingerprint density at radius 1 is 1.46 bits per heavy atom. The minimum Gasteiger partial charge on any atom is -0.378 e. The summed E-state index contributed by atoms with van der Waals surface area (Å²) in [6, 6.07) is 2.31. The lowest BCUT2D eigenvalue weighted by Crippen LogP contribution is -2.54. The lowest BCUT2D eigenvalue weighted by atomic mass is 9.99. The van der Waals surface area contributed by atoms with Crippen LogP contribution in [0.25, 0.3) is 0 Å². The van der Waals surface area contributed by atoms with E-state index in [1.54, 1.807) is 26.0 Å². The number of aromatic nitrogens is 1. The molecular weight excluding hydrogens is 354 g/mol. The number of ether oxygens (including phenoxy) is 1. The van der Waals surface area contributed by atoms with Gasteiger partial charge in [0, 0.05) is 44.5 Å². The smallest absolute Gasteiger partial charge is 0.157 e. The van der Waals surface area contributed by atoms with E-state index in [9.17, 15) is 5.11 Å². The Labute approximate surface area is 169 Å². The number of methoxy groups -OCH3 is 1. The molecule has 1 aromatic heterocycles. The summed E-state index contributed by atoms with van der Waals surface area (Å²) in [5, 5.41) is 22.4. The summed E-state index contributed by atoms with van der Waals surface area (Å²) < 4.78 is 5.79. The van der Waals surface area contributed by atoms with Crippen LogP contribution in [0.15, 0.2) is 6.07 Å². The molecular formula is C21H37N5O2. The Morgan fingerprint density at radius 2 is 2.14 bits per heavy atom. The van der Waals surface area contributed by atoms with E-state index in [2.05, 4.69) is 24.1 Å². The van der Waals surface area contributed by atoms with Gasteiger partial charge >= 0.3 is 0 Å². The van der Waals surface area contributed by atoms with Crippen LogP contribution in [0.3, 0.4) is 0 Å². The molecule has 2 heterocycles. The molecule has 2 rings (SSSR count). The topological polar surface area (TPSA) is 84.7 Å². The van der Waals surface area contributed by atoms with Gasteiger partial charge in [-0.25, -0.2) is 4.98 Å². The highest BCUT2D eigenvalue weighted by Gasteiger charge is 2.32. The fourth-order valence-corrected chi connectivity index (χ4v) is 3.52. The number of aliphatic hydroxyl groups excluding tert-OH is 1. The highest BCUT2D eigenvalue weighted by atomic mass is 16.5. The molecule has 28 heavy (non-hydrogen) atoms. The Morgan fingerprint density at radius 3 is 2.71 bits per heavy atom. The maximum atomic E-state index is 10.9. The number of hydrogen-bond acceptors (Lipinski definition) is 6. The number of nitrogens with one attached hydrogen (secondary N) is 2. The van der Waals surface area contributed by atoms with E-state index < -0.39 is 6.23 Å². The largest absolute Gasteiger partial charge is 0.378 e. The van der Waals surface area contributed by atoms with Gasteiger partial charge in [-0.05, 0) is 51.3 Å². The van der Waals surface area contributed by atoms with Gasteiger partial charge in [0.2, 0.25) is 0 Å². The van der Waals surface area contributed by atoms with Crippen LogP contribution in [0.1, 0.15) is 50.2 Å². The number of rotatable bonds is 7. The van der Waals surface area contributed by atoms with Crippen LogP contribution in [0.4, 0.5) is 5.82 Å². The normalized spacial score (nSPS) is 21.1.